The first-order valence-corrected chi connectivity index (χ1v) is 9.83. The summed E-state index contributed by atoms with van der Waals surface area (Å²) in [4.78, 5) is 0. The molecule has 144 valence electrons. The van der Waals surface area contributed by atoms with E-state index in [-0.39, 0.29) is 11.3 Å². The topological polar surface area (TPSA) is 63.1 Å². The highest BCUT2D eigenvalue weighted by Gasteiger charge is 2.30. The molecule has 2 aromatic carbocycles. The smallest absolute Gasteiger partial charge is 0.222 e. The van der Waals surface area contributed by atoms with Crippen LogP contribution in [0.25, 0.3) is 27.8 Å². The van der Waals surface area contributed by atoms with Crippen molar-refractivity contribution in [2.75, 3.05) is 7.11 Å². The number of nitrogens with zero attached hydrogens (tertiary/aromatic N) is 2. The van der Waals surface area contributed by atoms with Gasteiger partial charge in [-0.05, 0) is 36.4 Å². The van der Waals surface area contributed by atoms with E-state index < -0.39 is 0 Å². The number of halogens is 1. The van der Waals surface area contributed by atoms with Gasteiger partial charge in [0.2, 0.25) is 5.88 Å². The Kier molecular flexibility index (Phi) is 4.46. The average molecular weight is 440 g/mol. The number of para-hydroxylation sites is 1. The molecule has 2 aromatic heterocycles. The molecule has 0 unspecified atom stereocenters. The number of H-pyrrole nitrogens is 1. The van der Waals surface area contributed by atoms with Gasteiger partial charge in [-0.3, -0.25) is 9.67 Å². The lowest BCUT2D eigenvalue weighted by atomic mass is 9.89. The Hall–Kier alpha value is -2.73. The number of fused-ring (bicyclic) bond motifs is 1. The van der Waals surface area contributed by atoms with Gasteiger partial charge >= 0.3 is 0 Å². The van der Waals surface area contributed by atoms with Crippen LogP contribution in [0.2, 0.25) is 0 Å². The molecule has 2 N–H and O–H groups in total. The third-order valence-electron chi connectivity index (χ3n) is 4.82. The number of aromatic nitrogens is 3. The maximum absolute atomic E-state index is 11.1. The van der Waals surface area contributed by atoms with Crippen molar-refractivity contribution in [2.45, 2.75) is 26.2 Å². The van der Waals surface area contributed by atoms with Crippen LogP contribution in [0.4, 0.5) is 0 Å². The quantitative estimate of drug-likeness (QED) is 0.424. The molecule has 28 heavy (non-hydrogen) atoms. The third kappa shape index (κ3) is 2.88. The number of methoxy groups -OCH3 is 1. The summed E-state index contributed by atoms with van der Waals surface area (Å²) in [5.74, 6) is 0.863. The molecule has 0 saturated heterocycles. The molecular formula is C22H22BrN3O2. The van der Waals surface area contributed by atoms with Crippen molar-refractivity contribution < 1.29 is 9.84 Å². The van der Waals surface area contributed by atoms with Crippen LogP contribution in [0.5, 0.6) is 11.6 Å². The fourth-order valence-electron chi connectivity index (χ4n) is 3.54. The monoisotopic (exact) mass is 439 g/mol. The molecule has 0 aliphatic heterocycles. The lowest BCUT2D eigenvalue weighted by molar-refractivity contribution is 0.416. The predicted molar refractivity (Wildman–Crippen MR) is 115 cm³/mol. The number of hydrogen-bond donors (Lipinski definition) is 2. The summed E-state index contributed by atoms with van der Waals surface area (Å²) in [6, 6.07) is 15.7. The van der Waals surface area contributed by atoms with Crippen LogP contribution < -0.4 is 4.74 Å². The number of hydrogen-bond acceptors (Lipinski definition) is 3. The average Bonchev–Trinajstić information content (AvgIpc) is 3.22. The number of aromatic amines is 1. The van der Waals surface area contributed by atoms with Crippen LogP contribution in [0, 0.1) is 0 Å². The van der Waals surface area contributed by atoms with E-state index in [9.17, 15) is 5.11 Å². The summed E-state index contributed by atoms with van der Waals surface area (Å²) >= 11 is 3.48. The molecule has 0 radical (unpaired) electrons. The SMILES string of the molecule is COc1ccccc1-c1c2c(C(C)(C)C)n[nH]c2c(O)n1-c1ccc(Br)cc1. The van der Waals surface area contributed by atoms with E-state index in [4.69, 9.17) is 4.74 Å². The van der Waals surface area contributed by atoms with Gasteiger partial charge in [0.25, 0.3) is 0 Å². The predicted octanol–water partition coefficient (Wildman–Crippen LogP) is 5.79. The minimum absolute atomic E-state index is 0.126. The van der Waals surface area contributed by atoms with Crippen molar-refractivity contribution in [3.05, 3.63) is 58.7 Å². The number of ether oxygens (including phenoxy) is 1. The van der Waals surface area contributed by atoms with E-state index in [2.05, 4.69) is 46.9 Å². The van der Waals surface area contributed by atoms with Gasteiger partial charge in [0.1, 0.15) is 11.3 Å². The zero-order valence-corrected chi connectivity index (χ0v) is 17.8. The highest BCUT2D eigenvalue weighted by atomic mass is 79.9. The molecular weight excluding hydrogens is 418 g/mol. The Morgan fingerprint density at radius 2 is 1.75 bits per heavy atom. The molecule has 0 fully saturated rings. The van der Waals surface area contributed by atoms with Gasteiger partial charge in [-0.1, -0.05) is 48.8 Å². The normalized spacial score (nSPS) is 11.9. The van der Waals surface area contributed by atoms with Gasteiger partial charge in [0.05, 0.1) is 23.9 Å². The Morgan fingerprint density at radius 3 is 2.39 bits per heavy atom. The summed E-state index contributed by atoms with van der Waals surface area (Å²) in [7, 11) is 1.66. The minimum atomic E-state index is -0.201. The summed E-state index contributed by atoms with van der Waals surface area (Å²) in [5.41, 5.74) is 3.92. The van der Waals surface area contributed by atoms with E-state index in [1.807, 2.05) is 53.1 Å². The van der Waals surface area contributed by atoms with Crippen LogP contribution in [0.15, 0.2) is 53.0 Å². The van der Waals surface area contributed by atoms with Crippen molar-refractivity contribution in [2.24, 2.45) is 0 Å². The summed E-state index contributed by atoms with van der Waals surface area (Å²) < 4.78 is 8.46. The van der Waals surface area contributed by atoms with Crippen molar-refractivity contribution in [1.29, 1.82) is 0 Å². The lowest BCUT2D eigenvalue weighted by Crippen LogP contribution is -2.12. The summed E-state index contributed by atoms with van der Waals surface area (Å²) in [5, 5.41) is 19.6. The maximum atomic E-state index is 11.1. The molecule has 0 atom stereocenters. The first kappa shape index (κ1) is 18.6. The van der Waals surface area contributed by atoms with E-state index >= 15 is 0 Å². The van der Waals surface area contributed by atoms with Gasteiger partial charge in [0, 0.05) is 21.1 Å². The third-order valence-corrected chi connectivity index (χ3v) is 5.35. The molecule has 4 rings (SSSR count). The van der Waals surface area contributed by atoms with E-state index in [1.165, 1.54) is 0 Å². The molecule has 0 amide bonds. The number of rotatable bonds is 3. The summed E-state index contributed by atoms with van der Waals surface area (Å²) in [6.07, 6.45) is 0. The van der Waals surface area contributed by atoms with E-state index in [0.29, 0.717) is 5.52 Å². The van der Waals surface area contributed by atoms with Crippen LogP contribution in [-0.4, -0.2) is 27.0 Å². The highest BCUT2D eigenvalue weighted by molar-refractivity contribution is 9.10. The molecule has 4 aromatic rings. The van der Waals surface area contributed by atoms with Crippen molar-refractivity contribution in [3.8, 4) is 28.6 Å². The molecule has 0 saturated carbocycles. The Labute approximate surface area is 172 Å². The Morgan fingerprint density at radius 1 is 1.07 bits per heavy atom. The van der Waals surface area contributed by atoms with Crippen molar-refractivity contribution in [3.63, 3.8) is 0 Å². The van der Waals surface area contributed by atoms with E-state index in [0.717, 1.165) is 38.2 Å². The fraction of sp³-hybridized carbons (Fsp3) is 0.227. The Balaban J connectivity index is 2.16. The van der Waals surface area contributed by atoms with Gasteiger partial charge in [-0.25, -0.2) is 0 Å². The lowest BCUT2D eigenvalue weighted by Gasteiger charge is -2.18. The second-order valence-electron chi connectivity index (χ2n) is 7.76. The molecule has 0 spiro atoms. The number of benzene rings is 2. The van der Waals surface area contributed by atoms with Gasteiger partial charge < -0.3 is 9.84 Å². The second-order valence-corrected chi connectivity index (χ2v) is 8.67. The second kappa shape index (κ2) is 6.71. The minimum Gasteiger partial charge on any atom is -0.496 e. The molecule has 6 heteroatoms. The zero-order valence-electron chi connectivity index (χ0n) is 16.2. The van der Waals surface area contributed by atoms with Crippen molar-refractivity contribution >= 4 is 26.8 Å². The number of aromatic hydroxyl groups is 1. The molecule has 0 aliphatic carbocycles. The van der Waals surface area contributed by atoms with Gasteiger partial charge in [-0.15, -0.1) is 0 Å². The molecule has 0 aliphatic rings. The van der Waals surface area contributed by atoms with Crippen LogP contribution in [-0.2, 0) is 5.41 Å². The van der Waals surface area contributed by atoms with E-state index in [1.54, 1.807) is 7.11 Å². The van der Waals surface area contributed by atoms with Crippen LogP contribution in [0.3, 0.4) is 0 Å². The Bertz CT molecular complexity index is 1150. The first-order chi connectivity index (χ1) is 13.3. The molecule has 0 bridgehead atoms. The van der Waals surface area contributed by atoms with Gasteiger partial charge in [-0.2, -0.15) is 5.10 Å². The molecule has 5 nitrogen and oxygen atoms in total. The van der Waals surface area contributed by atoms with Gasteiger partial charge in [0.15, 0.2) is 0 Å². The zero-order chi connectivity index (χ0) is 20.1. The standard InChI is InChI=1S/C22H22BrN3O2/c1-22(2,3)20-17-18(24-25-20)21(27)26(14-11-9-13(23)10-12-14)19(17)15-7-5-6-8-16(15)28-4/h5-12,24,27H,1-4H3. The highest BCUT2D eigenvalue weighted by Crippen LogP contribution is 2.45. The van der Waals surface area contributed by atoms with Crippen LogP contribution >= 0.6 is 15.9 Å². The number of nitrogens with one attached hydrogen (secondary N) is 1. The first-order valence-electron chi connectivity index (χ1n) is 9.04. The molecule has 2 heterocycles. The fourth-order valence-corrected chi connectivity index (χ4v) is 3.81. The largest absolute Gasteiger partial charge is 0.496 e. The summed E-state index contributed by atoms with van der Waals surface area (Å²) in [6.45, 7) is 6.34. The van der Waals surface area contributed by atoms with Crippen LogP contribution in [0.1, 0.15) is 26.5 Å². The maximum Gasteiger partial charge on any atom is 0.222 e. The van der Waals surface area contributed by atoms with Crippen molar-refractivity contribution in [1.82, 2.24) is 14.8 Å².